The Labute approximate surface area is 112 Å². The zero-order chi connectivity index (χ0) is 13.7. The van der Waals surface area contributed by atoms with Gasteiger partial charge in [-0.05, 0) is 29.8 Å². The molecule has 19 heavy (non-hydrogen) atoms. The van der Waals surface area contributed by atoms with Crippen molar-refractivity contribution in [1.82, 2.24) is 0 Å². The van der Waals surface area contributed by atoms with E-state index in [0.29, 0.717) is 5.56 Å². The molecule has 0 bridgehead atoms. The molecule has 0 aromatic heterocycles. The lowest BCUT2D eigenvalue weighted by Gasteiger charge is -2.16. The molecule has 0 radical (unpaired) electrons. The fourth-order valence-corrected chi connectivity index (χ4v) is 1.80. The van der Waals surface area contributed by atoms with E-state index in [9.17, 15) is 10.2 Å². The van der Waals surface area contributed by atoms with Crippen molar-refractivity contribution in [2.75, 3.05) is 11.9 Å². The van der Waals surface area contributed by atoms with Crippen LogP contribution >= 0.6 is 0 Å². The molecule has 0 amide bonds. The second-order valence-corrected chi connectivity index (χ2v) is 4.36. The van der Waals surface area contributed by atoms with Gasteiger partial charge >= 0.3 is 0 Å². The zero-order valence-electron chi connectivity index (χ0n) is 10.5. The van der Waals surface area contributed by atoms with Crippen LogP contribution in [0.4, 0.5) is 11.4 Å². The lowest BCUT2D eigenvalue weighted by Crippen LogP contribution is -2.27. The average molecular weight is 258 g/mol. The SMILES string of the molecule is NCC(O)C(O)c1ccc(Nc2ccccc2)cc1. The first-order valence-corrected chi connectivity index (χ1v) is 6.19. The van der Waals surface area contributed by atoms with Crippen molar-refractivity contribution < 1.29 is 10.2 Å². The third kappa shape index (κ3) is 3.54. The summed E-state index contributed by atoms with van der Waals surface area (Å²) in [4.78, 5) is 0. The number of rotatable bonds is 5. The van der Waals surface area contributed by atoms with E-state index < -0.39 is 12.2 Å². The summed E-state index contributed by atoms with van der Waals surface area (Å²) in [6.07, 6.45) is -1.89. The van der Waals surface area contributed by atoms with Crippen LogP contribution in [-0.2, 0) is 0 Å². The minimum atomic E-state index is -0.948. The highest BCUT2D eigenvalue weighted by Gasteiger charge is 2.16. The van der Waals surface area contributed by atoms with Gasteiger partial charge in [-0.3, -0.25) is 0 Å². The van der Waals surface area contributed by atoms with Crippen molar-refractivity contribution in [2.45, 2.75) is 12.2 Å². The van der Waals surface area contributed by atoms with E-state index in [-0.39, 0.29) is 6.54 Å². The van der Waals surface area contributed by atoms with Crippen molar-refractivity contribution in [2.24, 2.45) is 5.73 Å². The maximum Gasteiger partial charge on any atom is 0.106 e. The summed E-state index contributed by atoms with van der Waals surface area (Å²) in [5.41, 5.74) is 7.89. The predicted molar refractivity (Wildman–Crippen MR) is 76.2 cm³/mol. The maximum atomic E-state index is 9.82. The summed E-state index contributed by atoms with van der Waals surface area (Å²) < 4.78 is 0. The third-order valence-corrected chi connectivity index (χ3v) is 2.92. The van der Waals surface area contributed by atoms with Crippen molar-refractivity contribution >= 4 is 11.4 Å². The van der Waals surface area contributed by atoms with E-state index in [1.54, 1.807) is 12.1 Å². The summed E-state index contributed by atoms with van der Waals surface area (Å²) in [6.45, 7) is 0.0329. The number of anilines is 2. The van der Waals surface area contributed by atoms with Gasteiger partial charge < -0.3 is 21.3 Å². The first-order chi connectivity index (χ1) is 9.20. The molecule has 0 saturated heterocycles. The minimum Gasteiger partial charge on any atom is -0.389 e. The van der Waals surface area contributed by atoms with Gasteiger partial charge in [0.1, 0.15) is 6.10 Å². The number of para-hydroxylation sites is 1. The van der Waals surface area contributed by atoms with Crippen LogP contribution in [-0.4, -0.2) is 22.9 Å². The first-order valence-electron chi connectivity index (χ1n) is 6.19. The summed E-state index contributed by atoms with van der Waals surface area (Å²) in [7, 11) is 0. The van der Waals surface area contributed by atoms with Crippen molar-refractivity contribution in [1.29, 1.82) is 0 Å². The molecule has 0 aliphatic carbocycles. The largest absolute Gasteiger partial charge is 0.389 e. The molecule has 0 aliphatic rings. The van der Waals surface area contributed by atoms with Gasteiger partial charge in [0.05, 0.1) is 6.10 Å². The van der Waals surface area contributed by atoms with E-state index in [0.717, 1.165) is 11.4 Å². The van der Waals surface area contributed by atoms with Crippen LogP contribution in [0.2, 0.25) is 0 Å². The second-order valence-electron chi connectivity index (χ2n) is 4.36. The highest BCUT2D eigenvalue weighted by molar-refractivity contribution is 5.59. The molecule has 4 nitrogen and oxygen atoms in total. The maximum absolute atomic E-state index is 9.82. The lowest BCUT2D eigenvalue weighted by atomic mass is 10.0. The molecular weight excluding hydrogens is 240 g/mol. The summed E-state index contributed by atoms with van der Waals surface area (Å²) in [6, 6.07) is 17.1. The molecule has 4 heteroatoms. The van der Waals surface area contributed by atoms with Crippen molar-refractivity contribution in [3.8, 4) is 0 Å². The Morgan fingerprint density at radius 1 is 0.895 bits per heavy atom. The van der Waals surface area contributed by atoms with Gasteiger partial charge in [-0.2, -0.15) is 0 Å². The Balaban J connectivity index is 2.06. The first kappa shape index (κ1) is 13.5. The zero-order valence-corrected chi connectivity index (χ0v) is 10.5. The number of hydrogen-bond acceptors (Lipinski definition) is 4. The summed E-state index contributed by atoms with van der Waals surface area (Å²) in [5, 5.41) is 22.6. The van der Waals surface area contributed by atoms with Crippen LogP contribution in [0.25, 0.3) is 0 Å². The quantitative estimate of drug-likeness (QED) is 0.659. The summed E-state index contributed by atoms with van der Waals surface area (Å²) in [5.74, 6) is 0. The highest BCUT2D eigenvalue weighted by Crippen LogP contribution is 2.21. The number of aliphatic hydroxyl groups is 2. The molecule has 2 aromatic rings. The van der Waals surface area contributed by atoms with Gasteiger partial charge in [0.25, 0.3) is 0 Å². The summed E-state index contributed by atoms with van der Waals surface area (Å²) >= 11 is 0. The lowest BCUT2D eigenvalue weighted by molar-refractivity contribution is 0.0243. The van der Waals surface area contributed by atoms with E-state index in [2.05, 4.69) is 5.32 Å². The van der Waals surface area contributed by atoms with Crippen LogP contribution in [0.1, 0.15) is 11.7 Å². The third-order valence-electron chi connectivity index (χ3n) is 2.92. The van der Waals surface area contributed by atoms with Gasteiger partial charge in [-0.1, -0.05) is 30.3 Å². The molecule has 2 unspecified atom stereocenters. The fourth-order valence-electron chi connectivity index (χ4n) is 1.80. The van der Waals surface area contributed by atoms with Crippen molar-refractivity contribution in [3.05, 3.63) is 60.2 Å². The normalized spacial score (nSPS) is 13.8. The number of benzene rings is 2. The smallest absolute Gasteiger partial charge is 0.106 e. The fraction of sp³-hybridized carbons (Fsp3) is 0.200. The molecule has 100 valence electrons. The molecular formula is C15H18N2O2. The molecule has 2 aromatic carbocycles. The number of hydrogen-bond donors (Lipinski definition) is 4. The van der Waals surface area contributed by atoms with Gasteiger partial charge in [-0.15, -0.1) is 0 Å². The van der Waals surface area contributed by atoms with E-state index in [4.69, 9.17) is 5.73 Å². The van der Waals surface area contributed by atoms with Gasteiger partial charge in [0.15, 0.2) is 0 Å². The molecule has 0 heterocycles. The molecule has 2 rings (SSSR count). The Hall–Kier alpha value is -1.88. The van der Waals surface area contributed by atoms with Crippen molar-refractivity contribution in [3.63, 3.8) is 0 Å². The predicted octanol–water partition coefficient (Wildman–Crippen LogP) is 1.78. The van der Waals surface area contributed by atoms with E-state index >= 15 is 0 Å². The van der Waals surface area contributed by atoms with Crippen LogP contribution in [0.3, 0.4) is 0 Å². The minimum absolute atomic E-state index is 0.0329. The number of nitrogens with one attached hydrogen (secondary N) is 1. The second kappa shape index (κ2) is 6.33. The Morgan fingerprint density at radius 2 is 1.47 bits per heavy atom. The topological polar surface area (TPSA) is 78.5 Å². The van der Waals surface area contributed by atoms with Gasteiger partial charge in [0, 0.05) is 17.9 Å². The average Bonchev–Trinajstić information content (AvgIpc) is 2.47. The monoisotopic (exact) mass is 258 g/mol. The Morgan fingerprint density at radius 3 is 2.05 bits per heavy atom. The molecule has 0 spiro atoms. The molecule has 0 fully saturated rings. The standard InChI is InChI=1S/C15H18N2O2/c16-10-14(18)15(19)11-6-8-13(9-7-11)17-12-4-2-1-3-5-12/h1-9,14-15,17-19H,10,16H2. The van der Waals surface area contributed by atoms with Gasteiger partial charge in [-0.25, -0.2) is 0 Å². The Bertz CT molecular complexity index is 499. The number of nitrogens with two attached hydrogens (primary N) is 1. The molecule has 0 saturated carbocycles. The van der Waals surface area contributed by atoms with Crippen LogP contribution in [0.5, 0.6) is 0 Å². The van der Waals surface area contributed by atoms with Gasteiger partial charge in [0.2, 0.25) is 0 Å². The Kier molecular flexibility index (Phi) is 4.52. The number of aliphatic hydroxyl groups excluding tert-OH is 2. The van der Waals surface area contributed by atoms with Crippen LogP contribution < -0.4 is 11.1 Å². The van der Waals surface area contributed by atoms with Crippen LogP contribution in [0, 0.1) is 0 Å². The van der Waals surface area contributed by atoms with E-state index in [1.807, 2.05) is 42.5 Å². The van der Waals surface area contributed by atoms with Crippen LogP contribution in [0.15, 0.2) is 54.6 Å². The molecule has 0 aliphatic heterocycles. The van der Waals surface area contributed by atoms with E-state index in [1.165, 1.54) is 0 Å². The molecule has 5 N–H and O–H groups in total. The molecule has 2 atom stereocenters. The highest BCUT2D eigenvalue weighted by atomic mass is 16.3.